The molecule has 0 amide bonds. The van der Waals surface area contributed by atoms with E-state index < -0.39 is 102 Å². The number of hydrogen-bond acceptors (Lipinski definition) is 15. The van der Waals surface area contributed by atoms with Gasteiger partial charge in [0.05, 0.1) is 53.4 Å². The molecular weight excluding hydrogens is 716 g/mol. The van der Waals surface area contributed by atoms with E-state index in [1.54, 1.807) is 48.5 Å². The molecule has 8 unspecified atom stereocenters. The van der Waals surface area contributed by atoms with E-state index in [-0.39, 0.29) is 31.4 Å². The van der Waals surface area contributed by atoms with Gasteiger partial charge < -0.3 is 63.7 Å². The highest BCUT2D eigenvalue weighted by molar-refractivity contribution is 5.88. The van der Waals surface area contributed by atoms with Crippen molar-refractivity contribution in [3.8, 4) is 0 Å². The van der Waals surface area contributed by atoms with Crippen molar-refractivity contribution < 1.29 is 63.6 Å². The second kappa shape index (κ2) is 19.5. The van der Waals surface area contributed by atoms with Gasteiger partial charge in [-0.3, -0.25) is 4.79 Å². The molecule has 0 aromatic rings. The molecule has 3 aliphatic rings. The van der Waals surface area contributed by atoms with Crippen molar-refractivity contribution in [3.63, 3.8) is 0 Å². The molecule has 0 bridgehead atoms. The Morgan fingerprint density at radius 1 is 0.909 bits per heavy atom. The van der Waals surface area contributed by atoms with Gasteiger partial charge in [-0.05, 0) is 81.3 Å². The lowest BCUT2D eigenvalue weighted by Gasteiger charge is -2.49. The number of hydrogen-bond donors (Lipinski definition) is 5. The van der Waals surface area contributed by atoms with Gasteiger partial charge in [0.25, 0.3) is 0 Å². The van der Waals surface area contributed by atoms with Gasteiger partial charge in [0.1, 0.15) is 30.5 Å². The fourth-order valence-electron chi connectivity index (χ4n) is 8.81. The predicted molar refractivity (Wildman–Crippen MR) is 205 cm³/mol. The van der Waals surface area contributed by atoms with Crippen LogP contribution >= 0.6 is 0 Å². The fourth-order valence-corrected chi connectivity index (χ4v) is 8.81. The average molecular weight is 791 g/mol. The summed E-state index contributed by atoms with van der Waals surface area (Å²) >= 11 is 0. The zero-order valence-electron chi connectivity index (χ0n) is 35.8. The van der Waals surface area contributed by atoms with Crippen LogP contribution in [0.25, 0.3) is 0 Å². The van der Waals surface area contributed by atoms with Crippen LogP contribution < -0.4 is 0 Å². The highest BCUT2D eigenvalue weighted by Crippen LogP contribution is 2.41. The first-order chi connectivity index (χ1) is 25.5. The molecule has 15 nitrogen and oxygen atoms in total. The average Bonchev–Trinajstić information content (AvgIpc) is 3.11. The fraction of sp³-hybridized carbons (Fsp3) is 0.950. The second-order valence-electron chi connectivity index (χ2n) is 17.4. The summed E-state index contributed by atoms with van der Waals surface area (Å²) in [6, 6.07) is -0.307. The van der Waals surface area contributed by atoms with Gasteiger partial charge in [0.2, 0.25) is 0 Å². The number of rotatable bonds is 10. The highest BCUT2D eigenvalue weighted by atomic mass is 16.7. The molecule has 0 spiro atoms. The maximum Gasteiger partial charge on any atom is 0.311 e. The van der Waals surface area contributed by atoms with Crippen LogP contribution in [0.2, 0.25) is 0 Å². The minimum absolute atomic E-state index is 0.0264. The first-order valence-corrected chi connectivity index (χ1v) is 20.2. The minimum atomic E-state index is -1.92. The molecule has 3 heterocycles. The van der Waals surface area contributed by atoms with Crippen molar-refractivity contribution in [2.75, 3.05) is 27.8 Å². The second-order valence-corrected chi connectivity index (χ2v) is 17.4. The Morgan fingerprint density at radius 3 is 2.11 bits per heavy atom. The molecule has 15 heteroatoms. The Hall–Kier alpha value is -1.50. The normalized spacial score (nSPS) is 47.7. The van der Waals surface area contributed by atoms with Gasteiger partial charge in [-0.15, -0.1) is 0 Å². The van der Waals surface area contributed by atoms with Crippen LogP contribution in [0.3, 0.4) is 0 Å². The summed E-state index contributed by atoms with van der Waals surface area (Å²) in [5, 5.41) is 63.4. The predicted octanol–water partition coefficient (Wildman–Crippen LogP) is 3.00. The summed E-state index contributed by atoms with van der Waals surface area (Å²) in [7, 11) is 5.24. The number of likely N-dealkylation sites (N-methyl/N-ethyl adjacent to an activating group) is 1. The van der Waals surface area contributed by atoms with Gasteiger partial charge in [0.15, 0.2) is 12.6 Å². The largest absolute Gasteiger partial charge is 0.459 e. The zero-order valence-corrected chi connectivity index (χ0v) is 35.8. The number of aliphatic hydroxyl groups excluding tert-OH is 3. The van der Waals surface area contributed by atoms with Crippen molar-refractivity contribution >= 4 is 11.7 Å². The minimum Gasteiger partial charge on any atom is -0.459 e. The lowest BCUT2D eigenvalue weighted by molar-refractivity contribution is -0.317. The summed E-state index contributed by atoms with van der Waals surface area (Å²) in [4.78, 5) is 21.8. The maximum absolute atomic E-state index is 14.3. The van der Waals surface area contributed by atoms with E-state index in [1.165, 1.54) is 14.0 Å². The lowest BCUT2D eigenvalue weighted by atomic mass is 9.73. The SMILES string of the molecule is CCCON=C1[C@H](C)C[C@@](C)(O)[C@H](OC2OC(C)CC(N(C)C)C2O)[C@@H](C)[C@H](OC2CC(C)(OC)C(O)C(C)O2)[C@@H](C)C(=O)O[C@H](CC)[C@@](C)(O)[C@H](O)[C@H]1C. The van der Waals surface area contributed by atoms with Crippen molar-refractivity contribution in [1.82, 2.24) is 4.90 Å². The van der Waals surface area contributed by atoms with Crippen LogP contribution in [0.15, 0.2) is 5.16 Å². The quantitative estimate of drug-likeness (QED) is 0.123. The van der Waals surface area contributed by atoms with Crippen LogP contribution in [-0.4, -0.2) is 154 Å². The van der Waals surface area contributed by atoms with Crippen LogP contribution in [0.5, 0.6) is 0 Å². The van der Waals surface area contributed by atoms with Gasteiger partial charge in [-0.25, -0.2) is 0 Å². The van der Waals surface area contributed by atoms with Crippen molar-refractivity contribution in [2.24, 2.45) is 28.8 Å². The number of esters is 1. The van der Waals surface area contributed by atoms with Crippen molar-refractivity contribution in [1.29, 1.82) is 0 Å². The molecule has 0 aromatic carbocycles. The van der Waals surface area contributed by atoms with Gasteiger partial charge in [-0.2, -0.15) is 0 Å². The molecule has 322 valence electrons. The Morgan fingerprint density at radius 2 is 1.55 bits per heavy atom. The molecule has 55 heavy (non-hydrogen) atoms. The van der Waals surface area contributed by atoms with Crippen LogP contribution in [0.1, 0.15) is 108 Å². The van der Waals surface area contributed by atoms with E-state index in [2.05, 4.69) is 5.16 Å². The molecule has 3 aliphatic heterocycles. The molecule has 3 fully saturated rings. The van der Waals surface area contributed by atoms with Crippen LogP contribution in [0, 0.1) is 23.7 Å². The molecule has 0 aromatic heterocycles. The number of ether oxygens (including phenoxy) is 6. The van der Waals surface area contributed by atoms with E-state index >= 15 is 0 Å². The summed E-state index contributed by atoms with van der Waals surface area (Å²) in [6.45, 7) is 19.4. The third-order valence-corrected chi connectivity index (χ3v) is 12.3. The Balaban J connectivity index is 2.24. The van der Waals surface area contributed by atoms with Crippen LogP contribution in [0.4, 0.5) is 0 Å². The standard InChI is InChI=1S/C40H74N2O13/c1-15-17-50-41-30-21(3)19-38(9,47)35(55-37-31(43)27(42(12)13)18-22(4)51-37)24(6)32(54-29-20-39(10,49-14)34(45)26(8)52-29)25(7)36(46)53-28(16-2)40(11,48)33(44)23(30)5/h21-29,31-35,37,43-45,47-48H,15-20H2,1-14H3/t21-,22?,23+,24+,25-,26?,27?,28-,29?,31?,32+,33-,34?,35-,37?,38-,39?,40-/m1/s1. The first kappa shape index (κ1) is 47.9. The number of carbonyl (C=O) groups excluding carboxylic acids is 1. The van der Waals surface area contributed by atoms with Crippen molar-refractivity contribution in [3.05, 3.63) is 0 Å². The van der Waals surface area contributed by atoms with Gasteiger partial charge >= 0.3 is 5.97 Å². The number of aliphatic hydroxyl groups is 5. The monoisotopic (exact) mass is 791 g/mol. The molecule has 0 radical (unpaired) electrons. The molecule has 3 rings (SSSR count). The molecule has 3 saturated heterocycles. The van der Waals surface area contributed by atoms with E-state index in [4.69, 9.17) is 33.3 Å². The molecule has 5 N–H and O–H groups in total. The number of nitrogens with zero attached hydrogens (tertiary/aromatic N) is 2. The van der Waals surface area contributed by atoms with E-state index in [0.29, 0.717) is 25.2 Å². The third-order valence-electron chi connectivity index (χ3n) is 12.3. The van der Waals surface area contributed by atoms with Gasteiger partial charge in [0, 0.05) is 37.3 Å². The third kappa shape index (κ3) is 11.0. The molecule has 0 aliphatic carbocycles. The van der Waals surface area contributed by atoms with E-state index in [9.17, 15) is 30.3 Å². The highest BCUT2D eigenvalue weighted by Gasteiger charge is 2.53. The first-order valence-electron chi connectivity index (χ1n) is 20.2. The zero-order chi connectivity index (χ0) is 41.8. The Labute approximate surface area is 328 Å². The number of methoxy groups -OCH3 is 1. The summed E-state index contributed by atoms with van der Waals surface area (Å²) < 4.78 is 37.6. The molecular formula is C40H74N2O13. The smallest absolute Gasteiger partial charge is 0.311 e. The summed E-state index contributed by atoms with van der Waals surface area (Å²) in [6.07, 6.45) is -8.40. The number of cyclic esters (lactones) is 1. The number of oxime groups is 1. The van der Waals surface area contributed by atoms with Crippen molar-refractivity contribution in [2.45, 2.75) is 193 Å². The maximum atomic E-state index is 14.3. The summed E-state index contributed by atoms with van der Waals surface area (Å²) in [5.74, 6) is -3.90. The summed E-state index contributed by atoms with van der Waals surface area (Å²) in [5.41, 5.74) is -4.28. The molecule has 0 saturated carbocycles. The number of carbonyl (C=O) groups is 1. The van der Waals surface area contributed by atoms with E-state index in [0.717, 1.165) is 0 Å². The molecule has 18 atom stereocenters. The topological polar surface area (TPSA) is 198 Å². The Kier molecular flexibility index (Phi) is 17.0. The Bertz CT molecular complexity index is 1250. The van der Waals surface area contributed by atoms with Gasteiger partial charge in [-0.1, -0.05) is 39.8 Å². The lowest BCUT2D eigenvalue weighted by Crippen LogP contribution is -2.61. The van der Waals surface area contributed by atoms with E-state index in [1.807, 2.05) is 39.8 Å². The van der Waals surface area contributed by atoms with Crippen LogP contribution in [-0.2, 0) is 38.1 Å².